The summed E-state index contributed by atoms with van der Waals surface area (Å²) in [5.41, 5.74) is 2.16. The molecular weight excluding hydrogens is 238 g/mol. The van der Waals surface area contributed by atoms with Crippen LogP contribution in [0.15, 0.2) is 6.07 Å². The van der Waals surface area contributed by atoms with Crippen molar-refractivity contribution in [2.24, 2.45) is 0 Å². The van der Waals surface area contributed by atoms with Crippen molar-refractivity contribution >= 4 is 11.6 Å². The van der Waals surface area contributed by atoms with Gasteiger partial charge in [-0.1, -0.05) is 11.6 Å². The lowest BCUT2D eigenvalue weighted by molar-refractivity contribution is 0.383. The standard InChI is InChI=1S/C13H18ClNO2/c1-8-12(16-2)10(9-4-5-15-7-9)6-11(14)13(8)17-3/h6,9,15H,4-5,7H2,1-3H3. The second kappa shape index (κ2) is 5.15. The average molecular weight is 256 g/mol. The predicted octanol–water partition coefficient (Wildman–Crippen LogP) is 2.74. The van der Waals surface area contributed by atoms with Crippen LogP contribution in [-0.2, 0) is 0 Å². The summed E-state index contributed by atoms with van der Waals surface area (Å²) in [7, 11) is 3.33. The fraction of sp³-hybridized carbons (Fsp3) is 0.538. The van der Waals surface area contributed by atoms with Crippen molar-refractivity contribution in [3.05, 3.63) is 22.2 Å². The van der Waals surface area contributed by atoms with Crippen molar-refractivity contribution in [2.75, 3.05) is 27.3 Å². The molecule has 0 saturated carbocycles. The molecule has 0 spiro atoms. The van der Waals surface area contributed by atoms with Crippen LogP contribution in [0.2, 0.25) is 5.02 Å². The number of ether oxygens (including phenoxy) is 2. The van der Waals surface area contributed by atoms with E-state index in [4.69, 9.17) is 21.1 Å². The van der Waals surface area contributed by atoms with E-state index in [1.807, 2.05) is 13.0 Å². The third-order valence-corrected chi connectivity index (χ3v) is 3.63. The third-order valence-electron chi connectivity index (χ3n) is 3.35. The van der Waals surface area contributed by atoms with Crippen LogP contribution in [0.3, 0.4) is 0 Å². The summed E-state index contributed by atoms with van der Waals surface area (Å²) in [4.78, 5) is 0. The molecule has 4 heteroatoms. The number of nitrogens with one attached hydrogen (secondary N) is 1. The van der Waals surface area contributed by atoms with Crippen LogP contribution in [-0.4, -0.2) is 27.3 Å². The van der Waals surface area contributed by atoms with Crippen LogP contribution in [0, 0.1) is 6.92 Å². The number of hydrogen-bond donors (Lipinski definition) is 1. The van der Waals surface area contributed by atoms with Gasteiger partial charge in [-0.25, -0.2) is 0 Å². The van der Waals surface area contributed by atoms with Crippen molar-refractivity contribution < 1.29 is 9.47 Å². The van der Waals surface area contributed by atoms with E-state index in [0.29, 0.717) is 16.7 Å². The Hall–Kier alpha value is -0.930. The largest absolute Gasteiger partial charge is 0.496 e. The van der Waals surface area contributed by atoms with E-state index >= 15 is 0 Å². The minimum absolute atomic E-state index is 0.479. The first kappa shape index (κ1) is 12.5. The van der Waals surface area contributed by atoms with Crippen LogP contribution in [0.25, 0.3) is 0 Å². The van der Waals surface area contributed by atoms with Crippen molar-refractivity contribution in [2.45, 2.75) is 19.3 Å². The smallest absolute Gasteiger partial charge is 0.144 e. The van der Waals surface area contributed by atoms with Gasteiger partial charge >= 0.3 is 0 Å². The molecule has 17 heavy (non-hydrogen) atoms. The molecule has 1 N–H and O–H groups in total. The van der Waals surface area contributed by atoms with Crippen LogP contribution in [0.1, 0.15) is 23.5 Å². The molecule has 94 valence electrons. The summed E-state index contributed by atoms with van der Waals surface area (Å²) in [5, 5.41) is 4.02. The highest BCUT2D eigenvalue weighted by Gasteiger charge is 2.24. The number of hydrogen-bond acceptors (Lipinski definition) is 3. The van der Waals surface area contributed by atoms with Gasteiger partial charge < -0.3 is 14.8 Å². The number of halogens is 1. The molecule has 0 bridgehead atoms. The van der Waals surface area contributed by atoms with E-state index in [1.54, 1.807) is 14.2 Å². The molecule has 1 heterocycles. The number of benzene rings is 1. The van der Waals surface area contributed by atoms with Gasteiger partial charge in [0.15, 0.2) is 0 Å². The first-order valence-electron chi connectivity index (χ1n) is 5.80. The van der Waals surface area contributed by atoms with E-state index in [1.165, 1.54) is 5.56 Å². The summed E-state index contributed by atoms with van der Waals surface area (Å²) >= 11 is 6.24. The maximum absolute atomic E-state index is 6.24. The van der Waals surface area contributed by atoms with Crippen LogP contribution >= 0.6 is 11.6 Å². The van der Waals surface area contributed by atoms with Crippen molar-refractivity contribution in [3.63, 3.8) is 0 Å². The Balaban J connectivity index is 2.51. The van der Waals surface area contributed by atoms with Crippen LogP contribution in [0.4, 0.5) is 0 Å². The molecular formula is C13H18ClNO2. The van der Waals surface area contributed by atoms with Gasteiger partial charge in [0.05, 0.1) is 19.2 Å². The Bertz CT molecular complexity index is 414. The van der Waals surface area contributed by atoms with Gasteiger partial charge in [-0.15, -0.1) is 0 Å². The molecule has 0 amide bonds. The lowest BCUT2D eigenvalue weighted by Gasteiger charge is -2.19. The fourth-order valence-corrected chi connectivity index (χ4v) is 2.85. The van der Waals surface area contributed by atoms with Gasteiger partial charge in [-0.05, 0) is 26.0 Å². The Morgan fingerprint density at radius 2 is 2.00 bits per heavy atom. The van der Waals surface area contributed by atoms with Gasteiger partial charge in [0, 0.05) is 23.6 Å². The SMILES string of the molecule is COc1c(Cl)cc(C2CCNC2)c(OC)c1C. The predicted molar refractivity (Wildman–Crippen MR) is 69.5 cm³/mol. The zero-order chi connectivity index (χ0) is 12.4. The molecule has 3 nitrogen and oxygen atoms in total. The molecule has 1 atom stereocenters. The molecule has 0 aromatic heterocycles. The number of rotatable bonds is 3. The summed E-state index contributed by atoms with van der Waals surface area (Å²) in [5.74, 6) is 2.09. The Labute approximate surface area is 107 Å². The quantitative estimate of drug-likeness (QED) is 0.901. The van der Waals surface area contributed by atoms with Crippen LogP contribution in [0.5, 0.6) is 11.5 Å². The molecule has 1 saturated heterocycles. The first-order chi connectivity index (χ1) is 8.19. The van der Waals surface area contributed by atoms with E-state index in [0.717, 1.165) is 30.8 Å². The Morgan fingerprint density at radius 1 is 1.29 bits per heavy atom. The molecule has 1 aromatic carbocycles. The summed E-state index contributed by atoms with van der Waals surface area (Å²) in [6, 6.07) is 1.98. The molecule has 1 aliphatic heterocycles. The van der Waals surface area contributed by atoms with E-state index < -0.39 is 0 Å². The second-order valence-electron chi connectivity index (χ2n) is 4.33. The number of methoxy groups -OCH3 is 2. The summed E-state index contributed by atoms with van der Waals surface area (Å²) < 4.78 is 10.8. The maximum atomic E-state index is 6.24. The highest BCUT2D eigenvalue weighted by molar-refractivity contribution is 6.32. The highest BCUT2D eigenvalue weighted by Crippen LogP contribution is 2.42. The molecule has 1 aromatic rings. The van der Waals surface area contributed by atoms with E-state index in [-0.39, 0.29) is 0 Å². The normalized spacial score (nSPS) is 19.4. The highest BCUT2D eigenvalue weighted by atomic mass is 35.5. The van der Waals surface area contributed by atoms with Gasteiger partial charge in [0.2, 0.25) is 0 Å². The van der Waals surface area contributed by atoms with Gasteiger partial charge in [0.1, 0.15) is 11.5 Å². The van der Waals surface area contributed by atoms with Gasteiger partial charge in [-0.3, -0.25) is 0 Å². The monoisotopic (exact) mass is 255 g/mol. The minimum Gasteiger partial charge on any atom is -0.496 e. The lowest BCUT2D eigenvalue weighted by Crippen LogP contribution is -2.09. The summed E-state index contributed by atoms with van der Waals surface area (Å²) in [6.07, 6.45) is 1.12. The van der Waals surface area contributed by atoms with E-state index in [2.05, 4.69) is 5.32 Å². The zero-order valence-corrected chi connectivity index (χ0v) is 11.2. The molecule has 2 rings (SSSR count). The fourth-order valence-electron chi connectivity index (χ4n) is 2.51. The third kappa shape index (κ3) is 2.22. The molecule has 0 radical (unpaired) electrons. The average Bonchev–Trinajstić information content (AvgIpc) is 2.82. The maximum Gasteiger partial charge on any atom is 0.144 e. The topological polar surface area (TPSA) is 30.5 Å². The minimum atomic E-state index is 0.479. The molecule has 1 fully saturated rings. The second-order valence-corrected chi connectivity index (χ2v) is 4.74. The van der Waals surface area contributed by atoms with Crippen molar-refractivity contribution in [1.82, 2.24) is 5.32 Å². The summed E-state index contributed by atoms with van der Waals surface area (Å²) in [6.45, 7) is 4.02. The van der Waals surface area contributed by atoms with Gasteiger partial charge in [-0.2, -0.15) is 0 Å². The van der Waals surface area contributed by atoms with Gasteiger partial charge in [0.25, 0.3) is 0 Å². The molecule has 1 aliphatic rings. The van der Waals surface area contributed by atoms with Crippen molar-refractivity contribution in [3.8, 4) is 11.5 Å². The Kier molecular flexibility index (Phi) is 3.79. The van der Waals surface area contributed by atoms with E-state index in [9.17, 15) is 0 Å². The molecule has 1 unspecified atom stereocenters. The van der Waals surface area contributed by atoms with Crippen LogP contribution < -0.4 is 14.8 Å². The van der Waals surface area contributed by atoms with Crippen molar-refractivity contribution in [1.29, 1.82) is 0 Å². The Morgan fingerprint density at radius 3 is 2.53 bits per heavy atom. The lowest BCUT2D eigenvalue weighted by atomic mass is 9.95. The first-order valence-corrected chi connectivity index (χ1v) is 6.18. The molecule has 0 aliphatic carbocycles. The zero-order valence-electron chi connectivity index (χ0n) is 10.5.